The molecule has 4 aliphatic carbocycles. The van der Waals surface area contributed by atoms with Gasteiger partial charge in [-0.25, -0.2) is 0 Å². The minimum atomic E-state index is -0.157. The second kappa shape index (κ2) is 7.73. The number of hydrogen-bond acceptors (Lipinski definition) is 4. The quantitative estimate of drug-likeness (QED) is 0.615. The normalized spacial score (nSPS) is 52.1. The van der Waals surface area contributed by atoms with Gasteiger partial charge in [-0.2, -0.15) is 11.8 Å². The Morgan fingerprint density at radius 1 is 1.00 bits per heavy atom. The Kier molecular flexibility index (Phi) is 5.67. The van der Waals surface area contributed by atoms with Crippen molar-refractivity contribution in [2.24, 2.45) is 40.4 Å². The molecule has 31 heavy (non-hydrogen) atoms. The van der Waals surface area contributed by atoms with E-state index < -0.39 is 0 Å². The largest absolute Gasteiger partial charge is 0.391 e. The van der Waals surface area contributed by atoms with E-state index in [9.17, 15) is 9.90 Å². The molecule has 0 radical (unpaired) electrons. The molecule has 0 spiro atoms. The van der Waals surface area contributed by atoms with E-state index >= 15 is 0 Å². The number of aliphatic hydroxyl groups excluding tert-OH is 1. The van der Waals surface area contributed by atoms with E-state index in [4.69, 9.17) is 0 Å². The van der Waals surface area contributed by atoms with Gasteiger partial charge in [-0.05, 0) is 107 Å². The third-order valence-electron chi connectivity index (χ3n) is 11.1. The van der Waals surface area contributed by atoms with Crippen molar-refractivity contribution in [3.63, 3.8) is 0 Å². The molecule has 0 amide bonds. The van der Waals surface area contributed by atoms with Gasteiger partial charge in [0.2, 0.25) is 0 Å². The smallest absolute Gasteiger partial charge is 0.133 e. The Morgan fingerprint density at radius 2 is 1.74 bits per heavy atom. The van der Waals surface area contributed by atoms with Gasteiger partial charge in [0, 0.05) is 35.5 Å². The molecule has 4 saturated carbocycles. The highest BCUT2D eigenvalue weighted by Crippen LogP contribution is 2.67. The Balaban J connectivity index is 1.39. The Morgan fingerprint density at radius 3 is 2.45 bits per heavy atom. The van der Waals surface area contributed by atoms with Crippen molar-refractivity contribution in [1.29, 1.82) is 0 Å². The molecule has 5 fully saturated rings. The summed E-state index contributed by atoms with van der Waals surface area (Å²) in [6.07, 6.45) is 9.60. The number of rotatable bonds is 2. The summed E-state index contributed by atoms with van der Waals surface area (Å²) in [7, 11) is 0. The number of nitrogens with zero attached hydrogens (tertiary/aromatic N) is 1. The van der Waals surface area contributed by atoms with Gasteiger partial charge in [0.15, 0.2) is 0 Å². The van der Waals surface area contributed by atoms with Gasteiger partial charge in [-0.15, -0.1) is 0 Å². The molecular formula is C27H45NO2S. The third kappa shape index (κ3) is 3.57. The number of aliphatic hydroxyl groups is 1. The van der Waals surface area contributed by atoms with Crippen LogP contribution in [-0.2, 0) is 4.79 Å². The van der Waals surface area contributed by atoms with Crippen molar-refractivity contribution < 1.29 is 9.90 Å². The molecule has 0 aromatic rings. The van der Waals surface area contributed by atoms with E-state index in [1.54, 1.807) is 0 Å². The fraction of sp³-hybridized carbons (Fsp3) is 0.963. The van der Waals surface area contributed by atoms with Gasteiger partial charge in [-0.1, -0.05) is 13.8 Å². The molecule has 1 saturated heterocycles. The minimum Gasteiger partial charge on any atom is -0.391 e. The van der Waals surface area contributed by atoms with Crippen LogP contribution >= 0.6 is 11.8 Å². The van der Waals surface area contributed by atoms with Crippen LogP contribution in [0, 0.1) is 40.4 Å². The van der Waals surface area contributed by atoms with Gasteiger partial charge < -0.3 is 5.11 Å². The highest BCUT2D eigenvalue weighted by atomic mass is 32.2. The van der Waals surface area contributed by atoms with Crippen molar-refractivity contribution in [2.45, 2.75) is 103 Å². The standard InChI is InChI=1S/C27H45NO2S/c1-17(29)20-8-9-21-19-7-6-18-14-24(30)23(28-12-13-31-25(2,3)16-28)15-27(18,5)22(19)10-11-26(20,21)4/h18-24,30H,6-16H2,1-5H3/t18?,19-,20+,21-,22-,23?,24?,26+,27-/m0/s1. The topological polar surface area (TPSA) is 40.5 Å². The molecule has 5 rings (SSSR count). The maximum Gasteiger partial charge on any atom is 0.133 e. The number of carbonyl (C=O) groups excluding carboxylic acids is 1. The zero-order chi connectivity index (χ0) is 22.2. The fourth-order valence-electron chi connectivity index (χ4n) is 9.65. The second-order valence-corrected chi connectivity index (χ2v) is 14.9. The van der Waals surface area contributed by atoms with Gasteiger partial charge in [0.1, 0.15) is 5.78 Å². The molecule has 1 N–H and O–H groups in total. The first-order valence-corrected chi connectivity index (χ1v) is 14.1. The highest BCUT2D eigenvalue weighted by Gasteiger charge is 2.62. The number of fused-ring (bicyclic) bond motifs is 5. The zero-order valence-electron chi connectivity index (χ0n) is 20.5. The molecule has 1 aliphatic heterocycles. The van der Waals surface area contributed by atoms with Crippen LogP contribution in [0.2, 0.25) is 0 Å². The van der Waals surface area contributed by atoms with E-state index in [0.29, 0.717) is 33.8 Å². The Hall–Kier alpha value is -0.0600. The van der Waals surface area contributed by atoms with Gasteiger partial charge in [0.25, 0.3) is 0 Å². The van der Waals surface area contributed by atoms with Crippen molar-refractivity contribution in [3.8, 4) is 0 Å². The molecule has 9 atom stereocenters. The lowest BCUT2D eigenvalue weighted by Crippen LogP contribution is -2.61. The third-order valence-corrected chi connectivity index (χ3v) is 12.4. The summed E-state index contributed by atoms with van der Waals surface area (Å²) >= 11 is 2.09. The lowest BCUT2D eigenvalue weighted by Gasteiger charge is -2.63. The molecule has 4 heteroatoms. The predicted octanol–water partition coefficient (Wildman–Crippen LogP) is 5.40. The summed E-state index contributed by atoms with van der Waals surface area (Å²) in [5.74, 6) is 4.95. The number of thioether (sulfide) groups is 1. The molecule has 1 heterocycles. The van der Waals surface area contributed by atoms with E-state index in [2.05, 4.69) is 44.4 Å². The van der Waals surface area contributed by atoms with Crippen LogP contribution in [0.25, 0.3) is 0 Å². The molecular weight excluding hydrogens is 402 g/mol. The summed E-state index contributed by atoms with van der Waals surface area (Å²) in [6, 6.07) is 0.335. The minimum absolute atomic E-state index is 0.157. The Bertz CT molecular complexity index is 724. The van der Waals surface area contributed by atoms with E-state index in [1.807, 2.05) is 6.92 Å². The summed E-state index contributed by atoms with van der Waals surface area (Å²) in [5, 5.41) is 11.2. The highest BCUT2D eigenvalue weighted by molar-refractivity contribution is 8.00. The predicted molar refractivity (Wildman–Crippen MR) is 129 cm³/mol. The maximum absolute atomic E-state index is 12.4. The monoisotopic (exact) mass is 447 g/mol. The molecule has 0 bridgehead atoms. The van der Waals surface area contributed by atoms with Crippen LogP contribution < -0.4 is 0 Å². The van der Waals surface area contributed by atoms with Gasteiger partial charge >= 0.3 is 0 Å². The molecule has 3 nitrogen and oxygen atoms in total. The van der Waals surface area contributed by atoms with E-state index in [0.717, 1.165) is 43.7 Å². The summed E-state index contributed by atoms with van der Waals surface area (Å²) in [4.78, 5) is 15.1. The first kappa shape index (κ1) is 22.7. The zero-order valence-corrected chi connectivity index (χ0v) is 21.3. The van der Waals surface area contributed by atoms with Gasteiger partial charge in [0.05, 0.1) is 6.10 Å². The van der Waals surface area contributed by atoms with Crippen LogP contribution in [0.1, 0.15) is 86.0 Å². The van der Waals surface area contributed by atoms with Crippen LogP contribution in [-0.4, -0.2) is 51.5 Å². The average Bonchev–Trinajstić information content (AvgIpc) is 3.05. The van der Waals surface area contributed by atoms with Crippen LogP contribution in [0.3, 0.4) is 0 Å². The first-order chi connectivity index (χ1) is 14.6. The maximum atomic E-state index is 12.4. The summed E-state index contributed by atoms with van der Waals surface area (Å²) in [6.45, 7) is 13.9. The van der Waals surface area contributed by atoms with Crippen molar-refractivity contribution in [2.75, 3.05) is 18.8 Å². The molecule has 176 valence electrons. The summed E-state index contributed by atoms with van der Waals surface area (Å²) in [5.41, 5.74) is 0.606. The molecule has 5 aliphatic rings. The summed E-state index contributed by atoms with van der Waals surface area (Å²) < 4.78 is 0.295. The number of carbonyl (C=O) groups is 1. The molecule has 3 unspecified atom stereocenters. The number of hydrogen-bond donors (Lipinski definition) is 1. The SMILES string of the molecule is CC(=O)[C@H]1CC[C@H]2[C@@H]3CCC4CC(O)C(N5CCSC(C)(C)C5)C[C@]4(C)[C@H]3CC[C@]12C. The Labute approximate surface area is 194 Å². The second-order valence-electron chi connectivity index (χ2n) is 13.1. The van der Waals surface area contributed by atoms with Crippen molar-refractivity contribution in [3.05, 3.63) is 0 Å². The van der Waals surface area contributed by atoms with Crippen LogP contribution in [0.5, 0.6) is 0 Å². The van der Waals surface area contributed by atoms with Crippen molar-refractivity contribution in [1.82, 2.24) is 4.90 Å². The lowest BCUT2D eigenvalue weighted by atomic mass is 9.44. The van der Waals surface area contributed by atoms with Crippen LogP contribution in [0.4, 0.5) is 0 Å². The average molecular weight is 448 g/mol. The number of ketones is 1. The fourth-order valence-corrected chi connectivity index (χ4v) is 10.8. The van der Waals surface area contributed by atoms with Crippen LogP contribution in [0.15, 0.2) is 0 Å². The van der Waals surface area contributed by atoms with E-state index in [1.165, 1.54) is 44.3 Å². The van der Waals surface area contributed by atoms with E-state index in [-0.39, 0.29) is 11.5 Å². The molecule has 0 aromatic carbocycles. The first-order valence-electron chi connectivity index (χ1n) is 13.1. The number of Topliss-reactive ketones (excluding diaryl/α,β-unsaturated/α-hetero) is 1. The van der Waals surface area contributed by atoms with Crippen molar-refractivity contribution >= 4 is 17.5 Å². The molecule has 0 aromatic heterocycles. The van der Waals surface area contributed by atoms with Gasteiger partial charge in [-0.3, -0.25) is 9.69 Å². The lowest BCUT2D eigenvalue weighted by molar-refractivity contribution is -0.152.